The van der Waals surface area contributed by atoms with Gasteiger partial charge in [0.05, 0.1) is 5.69 Å². The minimum atomic E-state index is 0.605. The molecule has 0 aliphatic carbocycles. The highest BCUT2D eigenvalue weighted by molar-refractivity contribution is 7.13. The molecule has 0 aliphatic heterocycles. The van der Waals surface area contributed by atoms with Crippen LogP contribution in [0.4, 0.5) is 5.13 Å². The second-order valence-corrected chi connectivity index (χ2v) is 5.08. The first kappa shape index (κ1) is 11.0. The summed E-state index contributed by atoms with van der Waals surface area (Å²) in [6, 6.07) is 8.52. The molecule has 0 saturated heterocycles. The summed E-state index contributed by atoms with van der Waals surface area (Å²) in [7, 11) is 2.05. The molecule has 3 aromatic rings. The number of rotatable bonds is 2. The molecule has 3 nitrogen and oxygen atoms in total. The zero-order valence-corrected chi connectivity index (χ0v) is 10.8. The number of nitrogen functional groups attached to an aromatic ring is 1. The molecule has 0 amide bonds. The molecular weight excluding hydrogens is 242 g/mol. The third kappa shape index (κ3) is 2.02. The van der Waals surface area contributed by atoms with E-state index in [0.29, 0.717) is 5.13 Å². The molecule has 0 aliphatic rings. The van der Waals surface area contributed by atoms with Crippen LogP contribution in [0.2, 0.25) is 0 Å². The van der Waals surface area contributed by atoms with Crippen LogP contribution in [0.3, 0.4) is 0 Å². The first-order chi connectivity index (χ1) is 8.72. The van der Waals surface area contributed by atoms with Gasteiger partial charge in [0.2, 0.25) is 0 Å². The van der Waals surface area contributed by atoms with Crippen molar-refractivity contribution in [3.63, 3.8) is 0 Å². The van der Waals surface area contributed by atoms with Crippen molar-refractivity contribution in [1.82, 2.24) is 9.55 Å². The highest BCUT2D eigenvalue weighted by Crippen LogP contribution is 2.19. The van der Waals surface area contributed by atoms with Gasteiger partial charge in [-0.2, -0.15) is 0 Å². The largest absolute Gasteiger partial charge is 0.375 e. The van der Waals surface area contributed by atoms with E-state index >= 15 is 0 Å². The maximum absolute atomic E-state index is 5.60. The molecule has 0 bridgehead atoms. The molecule has 0 radical (unpaired) electrons. The Bertz CT molecular complexity index is 722. The maximum Gasteiger partial charge on any atom is 0.180 e. The lowest BCUT2D eigenvalue weighted by atomic mass is 10.1. The Kier molecular flexibility index (Phi) is 2.64. The molecule has 0 unspecified atom stereocenters. The molecule has 2 heterocycles. The number of anilines is 1. The van der Waals surface area contributed by atoms with E-state index in [1.165, 1.54) is 27.8 Å². The van der Waals surface area contributed by atoms with E-state index in [4.69, 9.17) is 5.73 Å². The van der Waals surface area contributed by atoms with Crippen molar-refractivity contribution in [3.8, 4) is 0 Å². The van der Waals surface area contributed by atoms with Gasteiger partial charge < -0.3 is 10.3 Å². The molecule has 2 N–H and O–H groups in total. The number of hydrogen-bond donors (Lipinski definition) is 1. The van der Waals surface area contributed by atoms with Crippen LogP contribution in [0.5, 0.6) is 0 Å². The summed E-state index contributed by atoms with van der Waals surface area (Å²) in [5.41, 5.74) is 8.91. The van der Waals surface area contributed by atoms with E-state index in [2.05, 4.69) is 53.1 Å². The molecule has 90 valence electrons. The Morgan fingerprint density at radius 1 is 1.28 bits per heavy atom. The van der Waals surface area contributed by atoms with E-state index in [1.54, 1.807) is 0 Å². The fourth-order valence-corrected chi connectivity index (χ4v) is 2.49. The second kappa shape index (κ2) is 4.31. The van der Waals surface area contributed by atoms with Crippen LogP contribution >= 0.6 is 11.3 Å². The molecular formula is C14H13N3S. The maximum atomic E-state index is 5.60. The zero-order chi connectivity index (χ0) is 12.5. The van der Waals surface area contributed by atoms with Gasteiger partial charge >= 0.3 is 0 Å². The number of fused-ring (bicyclic) bond motifs is 1. The Labute approximate surface area is 109 Å². The summed E-state index contributed by atoms with van der Waals surface area (Å²) in [4.78, 5) is 4.20. The quantitative estimate of drug-likeness (QED) is 0.762. The Morgan fingerprint density at radius 2 is 2.17 bits per heavy atom. The third-order valence-corrected chi connectivity index (χ3v) is 3.59. The Hall–Kier alpha value is -2.07. The van der Waals surface area contributed by atoms with Crippen LogP contribution in [0.1, 0.15) is 11.3 Å². The van der Waals surface area contributed by atoms with Gasteiger partial charge in [-0.1, -0.05) is 12.1 Å². The molecule has 0 fully saturated rings. The van der Waals surface area contributed by atoms with Gasteiger partial charge in [0, 0.05) is 29.5 Å². The van der Waals surface area contributed by atoms with Crippen molar-refractivity contribution in [1.29, 1.82) is 0 Å². The van der Waals surface area contributed by atoms with Crippen LogP contribution < -0.4 is 5.73 Å². The minimum Gasteiger partial charge on any atom is -0.375 e. The summed E-state index contributed by atoms with van der Waals surface area (Å²) < 4.78 is 2.12. The van der Waals surface area contributed by atoms with Gasteiger partial charge in [0.1, 0.15) is 0 Å². The third-order valence-electron chi connectivity index (χ3n) is 2.90. The molecule has 4 heteroatoms. The van der Waals surface area contributed by atoms with Crippen molar-refractivity contribution in [2.24, 2.45) is 7.05 Å². The van der Waals surface area contributed by atoms with E-state index in [9.17, 15) is 0 Å². The fraction of sp³-hybridized carbons (Fsp3) is 0.0714. The number of benzene rings is 1. The van der Waals surface area contributed by atoms with Gasteiger partial charge in [-0.15, -0.1) is 11.3 Å². The SMILES string of the molecule is Cn1ccc2cc(C=Cc3csc(N)n3)ccc21. The molecule has 0 spiro atoms. The highest BCUT2D eigenvalue weighted by Gasteiger charge is 1.98. The molecule has 0 saturated carbocycles. The first-order valence-corrected chi connectivity index (χ1v) is 6.54. The lowest BCUT2D eigenvalue weighted by molar-refractivity contribution is 0.969. The zero-order valence-electron chi connectivity index (χ0n) is 10.00. The van der Waals surface area contributed by atoms with Gasteiger partial charge in [-0.25, -0.2) is 4.98 Å². The van der Waals surface area contributed by atoms with E-state index < -0.39 is 0 Å². The number of thiazole rings is 1. The van der Waals surface area contributed by atoms with Crippen molar-refractivity contribution in [2.45, 2.75) is 0 Å². The molecule has 1 aromatic carbocycles. The summed E-state index contributed by atoms with van der Waals surface area (Å²) in [5, 5.41) is 3.80. The second-order valence-electron chi connectivity index (χ2n) is 4.19. The van der Waals surface area contributed by atoms with Crippen molar-refractivity contribution in [3.05, 3.63) is 47.1 Å². The molecule has 2 aromatic heterocycles. The monoisotopic (exact) mass is 255 g/mol. The van der Waals surface area contributed by atoms with Gasteiger partial charge in [-0.05, 0) is 29.8 Å². The Balaban J connectivity index is 1.92. The average Bonchev–Trinajstić information content (AvgIpc) is 2.94. The van der Waals surface area contributed by atoms with Crippen molar-refractivity contribution < 1.29 is 0 Å². The number of hydrogen-bond acceptors (Lipinski definition) is 3. The fourth-order valence-electron chi connectivity index (χ4n) is 1.96. The topological polar surface area (TPSA) is 43.8 Å². The highest BCUT2D eigenvalue weighted by atomic mass is 32.1. The predicted octanol–water partition coefficient (Wildman–Crippen LogP) is 3.39. The summed E-state index contributed by atoms with van der Waals surface area (Å²) in [6.45, 7) is 0. The van der Waals surface area contributed by atoms with Crippen LogP contribution in [0.25, 0.3) is 23.1 Å². The molecule has 3 rings (SSSR count). The summed E-state index contributed by atoms with van der Waals surface area (Å²) in [5.74, 6) is 0. The molecule has 18 heavy (non-hydrogen) atoms. The minimum absolute atomic E-state index is 0.605. The average molecular weight is 255 g/mol. The van der Waals surface area contributed by atoms with E-state index in [1.807, 2.05) is 11.5 Å². The van der Waals surface area contributed by atoms with Gasteiger partial charge in [0.15, 0.2) is 5.13 Å². The lowest BCUT2D eigenvalue weighted by Crippen LogP contribution is -1.83. The summed E-state index contributed by atoms with van der Waals surface area (Å²) in [6.07, 6.45) is 6.11. The Morgan fingerprint density at radius 3 is 2.94 bits per heavy atom. The van der Waals surface area contributed by atoms with Gasteiger partial charge in [-0.3, -0.25) is 0 Å². The number of aryl methyl sites for hydroxylation is 1. The molecule has 0 atom stereocenters. The number of nitrogens with zero attached hydrogens (tertiary/aromatic N) is 2. The van der Waals surface area contributed by atoms with E-state index in [0.717, 1.165) is 5.69 Å². The number of nitrogens with two attached hydrogens (primary N) is 1. The van der Waals surface area contributed by atoms with Crippen LogP contribution in [-0.4, -0.2) is 9.55 Å². The smallest absolute Gasteiger partial charge is 0.180 e. The van der Waals surface area contributed by atoms with Crippen LogP contribution in [0.15, 0.2) is 35.8 Å². The van der Waals surface area contributed by atoms with Crippen molar-refractivity contribution in [2.75, 3.05) is 5.73 Å². The van der Waals surface area contributed by atoms with Gasteiger partial charge in [0.25, 0.3) is 0 Å². The standard InChI is InChI=1S/C14H13N3S/c1-17-7-6-11-8-10(3-5-13(11)17)2-4-12-9-18-14(15)16-12/h2-9H,1H3,(H2,15,16). The lowest BCUT2D eigenvalue weighted by Gasteiger charge is -1.97. The first-order valence-electron chi connectivity index (χ1n) is 5.66. The van der Waals surface area contributed by atoms with Crippen molar-refractivity contribution >= 4 is 39.5 Å². The number of aromatic nitrogens is 2. The normalized spacial score (nSPS) is 11.6. The van der Waals surface area contributed by atoms with E-state index in [-0.39, 0.29) is 0 Å². The van der Waals surface area contributed by atoms with Crippen LogP contribution in [0, 0.1) is 0 Å². The summed E-state index contributed by atoms with van der Waals surface area (Å²) >= 11 is 1.46. The predicted molar refractivity (Wildman–Crippen MR) is 78.4 cm³/mol. The van der Waals surface area contributed by atoms with Crippen LogP contribution in [-0.2, 0) is 7.05 Å².